The number of hydrogen-bond donors (Lipinski definition) is 1. The third-order valence-corrected chi connectivity index (χ3v) is 6.32. The molecule has 0 radical (unpaired) electrons. The van der Waals surface area contributed by atoms with Gasteiger partial charge < -0.3 is 5.32 Å². The van der Waals surface area contributed by atoms with E-state index in [0.717, 1.165) is 22.6 Å². The quantitative estimate of drug-likeness (QED) is 0.321. The van der Waals surface area contributed by atoms with Crippen LogP contribution in [-0.4, -0.2) is 31.4 Å². The molecule has 9 heteroatoms. The van der Waals surface area contributed by atoms with E-state index in [4.69, 9.17) is 23.2 Å². The summed E-state index contributed by atoms with van der Waals surface area (Å²) in [5, 5.41) is 12.9. The normalized spacial score (nSPS) is 10.9. The largest absolute Gasteiger partial charge is 0.309 e. The Hall–Kier alpha value is -2.87. The van der Waals surface area contributed by atoms with Gasteiger partial charge in [-0.1, -0.05) is 83.0 Å². The standard InChI is InChI=1S/C24H21Cl2N5OS/c1-15-8-9-20(16(2)10-15)31-21(11-17-6-4-3-5-7-17)29-30-24(31)33-14-22(32)28-23-19(26)12-18(25)13-27-23/h3-10,12-13H,11,14H2,1-2H3,(H,27,28,32). The lowest BCUT2D eigenvalue weighted by atomic mass is 10.1. The molecule has 168 valence electrons. The number of carbonyl (C=O) groups excluding carboxylic acids is 1. The van der Waals surface area contributed by atoms with Crippen LogP contribution in [0.25, 0.3) is 5.69 Å². The number of amides is 1. The summed E-state index contributed by atoms with van der Waals surface area (Å²) in [6.45, 7) is 4.12. The van der Waals surface area contributed by atoms with Crippen molar-refractivity contribution in [2.45, 2.75) is 25.4 Å². The summed E-state index contributed by atoms with van der Waals surface area (Å²) in [6, 6.07) is 17.9. The van der Waals surface area contributed by atoms with Gasteiger partial charge in [0, 0.05) is 12.6 Å². The highest BCUT2D eigenvalue weighted by molar-refractivity contribution is 7.99. The van der Waals surface area contributed by atoms with Crippen LogP contribution in [0.4, 0.5) is 5.82 Å². The van der Waals surface area contributed by atoms with E-state index in [1.165, 1.54) is 29.6 Å². The molecule has 33 heavy (non-hydrogen) atoms. The second-order valence-electron chi connectivity index (χ2n) is 7.51. The first kappa shape index (κ1) is 23.3. The van der Waals surface area contributed by atoms with Crippen molar-refractivity contribution in [2.75, 3.05) is 11.1 Å². The molecule has 2 aromatic heterocycles. The summed E-state index contributed by atoms with van der Waals surface area (Å²) in [5.41, 5.74) is 4.40. The van der Waals surface area contributed by atoms with E-state index in [2.05, 4.69) is 64.7 Å². The van der Waals surface area contributed by atoms with Crippen molar-refractivity contribution in [3.63, 3.8) is 0 Å². The smallest absolute Gasteiger partial charge is 0.236 e. The Kier molecular flexibility index (Phi) is 7.33. The number of nitrogens with one attached hydrogen (secondary N) is 1. The van der Waals surface area contributed by atoms with Gasteiger partial charge in [-0.15, -0.1) is 10.2 Å². The molecule has 0 aliphatic carbocycles. The highest BCUT2D eigenvalue weighted by atomic mass is 35.5. The zero-order valence-electron chi connectivity index (χ0n) is 18.0. The van der Waals surface area contributed by atoms with Crippen molar-refractivity contribution in [1.82, 2.24) is 19.7 Å². The number of thioether (sulfide) groups is 1. The first-order valence-electron chi connectivity index (χ1n) is 10.2. The molecule has 0 unspecified atom stereocenters. The third kappa shape index (κ3) is 5.74. The number of aryl methyl sites for hydroxylation is 2. The number of carbonyl (C=O) groups is 1. The highest BCUT2D eigenvalue weighted by Crippen LogP contribution is 2.27. The van der Waals surface area contributed by atoms with Crippen LogP contribution in [0, 0.1) is 13.8 Å². The number of hydrogen-bond acceptors (Lipinski definition) is 5. The molecule has 0 fully saturated rings. The van der Waals surface area contributed by atoms with Crippen LogP contribution in [0.2, 0.25) is 10.0 Å². The average Bonchev–Trinajstić information content (AvgIpc) is 3.17. The lowest BCUT2D eigenvalue weighted by Gasteiger charge is -2.14. The predicted octanol–water partition coefficient (Wildman–Crippen LogP) is 5.91. The van der Waals surface area contributed by atoms with E-state index in [9.17, 15) is 4.79 Å². The number of pyridine rings is 1. The van der Waals surface area contributed by atoms with Crippen LogP contribution in [0.3, 0.4) is 0 Å². The van der Waals surface area contributed by atoms with Gasteiger partial charge in [0.25, 0.3) is 0 Å². The van der Waals surface area contributed by atoms with Crippen LogP contribution in [-0.2, 0) is 11.2 Å². The molecule has 1 amide bonds. The second kappa shape index (κ2) is 10.4. The van der Waals surface area contributed by atoms with Gasteiger partial charge in [-0.25, -0.2) is 4.98 Å². The molecular weight excluding hydrogens is 477 g/mol. The molecule has 0 aliphatic rings. The summed E-state index contributed by atoms with van der Waals surface area (Å²) < 4.78 is 2.02. The molecule has 2 heterocycles. The van der Waals surface area contributed by atoms with E-state index >= 15 is 0 Å². The van der Waals surface area contributed by atoms with Gasteiger partial charge in [-0.3, -0.25) is 9.36 Å². The highest BCUT2D eigenvalue weighted by Gasteiger charge is 2.18. The summed E-state index contributed by atoms with van der Waals surface area (Å²) in [7, 11) is 0. The van der Waals surface area contributed by atoms with Crippen LogP contribution >= 0.6 is 35.0 Å². The zero-order chi connectivity index (χ0) is 23.4. The van der Waals surface area contributed by atoms with Crippen molar-refractivity contribution in [1.29, 1.82) is 0 Å². The molecule has 2 aromatic carbocycles. The van der Waals surface area contributed by atoms with Crippen molar-refractivity contribution in [3.05, 3.63) is 93.4 Å². The van der Waals surface area contributed by atoms with Crippen LogP contribution in [0.5, 0.6) is 0 Å². The molecule has 1 N–H and O–H groups in total. The monoisotopic (exact) mass is 497 g/mol. The maximum absolute atomic E-state index is 12.6. The summed E-state index contributed by atoms with van der Waals surface area (Å²) >= 11 is 13.3. The molecule has 0 aliphatic heterocycles. The van der Waals surface area contributed by atoms with Crippen LogP contribution < -0.4 is 5.32 Å². The van der Waals surface area contributed by atoms with Crippen LogP contribution in [0.1, 0.15) is 22.5 Å². The number of aromatic nitrogens is 4. The molecule has 0 bridgehead atoms. The van der Waals surface area contributed by atoms with E-state index in [0.29, 0.717) is 16.6 Å². The summed E-state index contributed by atoms with van der Waals surface area (Å²) in [4.78, 5) is 16.6. The number of anilines is 1. The van der Waals surface area contributed by atoms with E-state index in [-0.39, 0.29) is 22.5 Å². The van der Waals surface area contributed by atoms with Gasteiger partial charge in [0.2, 0.25) is 5.91 Å². The van der Waals surface area contributed by atoms with Gasteiger partial charge in [0.05, 0.1) is 21.5 Å². The van der Waals surface area contributed by atoms with E-state index in [1.807, 2.05) is 22.8 Å². The van der Waals surface area contributed by atoms with Gasteiger partial charge in [-0.05, 0) is 37.1 Å². The number of halogens is 2. The predicted molar refractivity (Wildman–Crippen MR) is 134 cm³/mol. The number of rotatable bonds is 7. The molecule has 0 saturated carbocycles. The van der Waals surface area contributed by atoms with E-state index < -0.39 is 0 Å². The van der Waals surface area contributed by atoms with Gasteiger partial charge in [0.1, 0.15) is 5.82 Å². The molecule has 0 saturated heterocycles. The number of nitrogens with zero attached hydrogens (tertiary/aromatic N) is 4. The molecule has 0 spiro atoms. The summed E-state index contributed by atoms with van der Waals surface area (Å²) in [6.07, 6.45) is 2.06. The fraction of sp³-hybridized carbons (Fsp3) is 0.167. The van der Waals surface area contributed by atoms with Gasteiger partial charge in [0.15, 0.2) is 11.0 Å². The Labute approximate surface area is 206 Å². The fourth-order valence-electron chi connectivity index (χ4n) is 3.39. The minimum absolute atomic E-state index is 0.120. The number of benzene rings is 2. The first-order chi connectivity index (χ1) is 15.9. The topological polar surface area (TPSA) is 72.7 Å². The average molecular weight is 498 g/mol. The zero-order valence-corrected chi connectivity index (χ0v) is 20.4. The maximum Gasteiger partial charge on any atom is 0.236 e. The summed E-state index contributed by atoms with van der Waals surface area (Å²) in [5.74, 6) is 0.942. The maximum atomic E-state index is 12.6. The van der Waals surface area contributed by atoms with Crippen LogP contribution in [0.15, 0.2) is 66.0 Å². The Morgan fingerprint density at radius 2 is 1.85 bits per heavy atom. The Bertz CT molecular complexity index is 1290. The van der Waals surface area contributed by atoms with Crippen molar-refractivity contribution >= 4 is 46.7 Å². The molecular formula is C24H21Cl2N5OS. The third-order valence-electron chi connectivity index (χ3n) is 4.90. The first-order valence-corrected chi connectivity index (χ1v) is 11.9. The minimum atomic E-state index is -0.253. The second-order valence-corrected chi connectivity index (χ2v) is 9.29. The van der Waals surface area contributed by atoms with Crippen molar-refractivity contribution in [2.24, 2.45) is 0 Å². The van der Waals surface area contributed by atoms with Crippen molar-refractivity contribution < 1.29 is 4.79 Å². The molecule has 4 aromatic rings. The Morgan fingerprint density at radius 3 is 2.58 bits per heavy atom. The van der Waals surface area contributed by atoms with Crippen molar-refractivity contribution in [3.8, 4) is 5.69 Å². The SMILES string of the molecule is Cc1ccc(-n2c(Cc3ccccc3)nnc2SCC(=O)Nc2ncc(Cl)cc2Cl)c(C)c1. The lowest BCUT2D eigenvalue weighted by Crippen LogP contribution is -2.16. The van der Waals surface area contributed by atoms with E-state index in [1.54, 1.807) is 0 Å². The van der Waals surface area contributed by atoms with Gasteiger partial charge >= 0.3 is 0 Å². The fourth-order valence-corrected chi connectivity index (χ4v) is 4.58. The minimum Gasteiger partial charge on any atom is -0.309 e. The molecule has 4 rings (SSSR count). The molecule has 0 atom stereocenters. The Morgan fingerprint density at radius 1 is 1.06 bits per heavy atom. The lowest BCUT2D eigenvalue weighted by molar-refractivity contribution is -0.113. The Balaban J connectivity index is 1.58. The van der Waals surface area contributed by atoms with Gasteiger partial charge in [-0.2, -0.15) is 0 Å². The molecule has 6 nitrogen and oxygen atoms in total.